The lowest BCUT2D eigenvalue weighted by Gasteiger charge is -2.15. The highest BCUT2D eigenvalue weighted by Crippen LogP contribution is 2.27. The molecule has 0 bridgehead atoms. The Hall–Kier alpha value is -2.30. The number of carbonyl (C=O) groups excluding carboxylic acids is 1. The molecule has 3 rings (SSSR count). The maximum atomic E-state index is 12.0. The summed E-state index contributed by atoms with van der Waals surface area (Å²) >= 11 is 0. The normalized spacial score (nSPS) is 18.1. The van der Waals surface area contributed by atoms with Crippen LogP contribution in [0.25, 0.3) is 0 Å². The number of ether oxygens (including phenoxy) is 1. The van der Waals surface area contributed by atoms with Gasteiger partial charge in [-0.2, -0.15) is 5.10 Å². The van der Waals surface area contributed by atoms with Crippen molar-refractivity contribution in [3.05, 3.63) is 48.3 Å². The van der Waals surface area contributed by atoms with E-state index in [1.54, 1.807) is 23.1 Å². The average molecular weight is 271 g/mol. The zero-order valence-electron chi connectivity index (χ0n) is 11.3. The van der Waals surface area contributed by atoms with Gasteiger partial charge in [0.25, 0.3) is 0 Å². The fraction of sp³-hybridized carbons (Fsp3) is 0.333. The van der Waals surface area contributed by atoms with Crippen LogP contribution in [-0.4, -0.2) is 28.3 Å². The molecule has 0 fully saturated rings. The molecule has 0 saturated carbocycles. The Morgan fingerprint density at radius 3 is 3.10 bits per heavy atom. The Morgan fingerprint density at radius 1 is 1.50 bits per heavy atom. The molecule has 0 saturated heterocycles. The number of aromatic nitrogens is 2. The number of amides is 1. The molecule has 1 N–H and O–H groups in total. The molecule has 5 heteroatoms. The summed E-state index contributed by atoms with van der Waals surface area (Å²) in [4.78, 5) is 12.0. The fourth-order valence-electron chi connectivity index (χ4n) is 2.36. The summed E-state index contributed by atoms with van der Waals surface area (Å²) in [6.45, 7) is 2.34. The molecular formula is C15H17N3O2. The van der Waals surface area contributed by atoms with Crippen molar-refractivity contribution >= 4 is 5.91 Å². The number of para-hydroxylation sites is 1. The topological polar surface area (TPSA) is 56.1 Å². The monoisotopic (exact) mass is 271 g/mol. The maximum absolute atomic E-state index is 12.0. The molecule has 2 heterocycles. The second-order valence-corrected chi connectivity index (χ2v) is 4.96. The molecule has 1 aromatic carbocycles. The van der Waals surface area contributed by atoms with Crippen molar-refractivity contribution in [2.75, 3.05) is 6.54 Å². The van der Waals surface area contributed by atoms with Gasteiger partial charge in [0.2, 0.25) is 5.91 Å². The number of nitrogens with one attached hydrogen (secondary N) is 1. The van der Waals surface area contributed by atoms with Crippen LogP contribution in [0.1, 0.15) is 18.5 Å². The molecule has 5 nitrogen and oxygen atoms in total. The number of benzene rings is 1. The van der Waals surface area contributed by atoms with Gasteiger partial charge < -0.3 is 10.1 Å². The first-order valence-electron chi connectivity index (χ1n) is 6.75. The first kappa shape index (κ1) is 12.7. The second-order valence-electron chi connectivity index (χ2n) is 4.96. The van der Waals surface area contributed by atoms with Crippen LogP contribution in [-0.2, 0) is 11.2 Å². The minimum Gasteiger partial charge on any atom is -0.488 e. The van der Waals surface area contributed by atoms with Gasteiger partial charge in [-0.15, -0.1) is 0 Å². The molecule has 0 radical (unpaired) electrons. The largest absolute Gasteiger partial charge is 0.488 e. The van der Waals surface area contributed by atoms with Gasteiger partial charge in [-0.3, -0.25) is 9.48 Å². The lowest BCUT2D eigenvalue weighted by atomic mass is 10.1. The minimum atomic E-state index is -0.311. The molecule has 104 valence electrons. The van der Waals surface area contributed by atoms with E-state index in [-0.39, 0.29) is 18.1 Å². The number of nitrogens with zero attached hydrogens (tertiary/aromatic N) is 2. The first-order chi connectivity index (χ1) is 9.74. The van der Waals surface area contributed by atoms with Crippen LogP contribution in [0, 0.1) is 0 Å². The van der Waals surface area contributed by atoms with Crippen LogP contribution in [0.3, 0.4) is 0 Å². The van der Waals surface area contributed by atoms with E-state index in [4.69, 9.17) is 4.74 Å². The zero-order chi connectivity index (χ0) is 13.9. The van der Waals surface area contributed by atoms with Gasteiger partial charge in [0.1, 0.15) is 17.9 Å². The van der Waals surface area contributed by atoms with E-state index in [9.17, 15) is 4.79 Å². The Labute approximate surface area is 117 Å². The number of hydrogen-bond acceptors (Lipinski definition) is 3. The third kappa shape index (κ3) is 2.52. The van der Waals surface area contributed by atoms with Crippen LogP contribution >= 0.6 is 0 Å². The van der Waals surface area contributed by atoms with Crippen molar-refractivity contribution < 1.29 is 9.53 Å². The molecule has 0 unspecified atom stereocenters. The van der Waals surface area contributed by atoms with Crippen LogP contribution in [0.2, 0.25) is 0 Å². The molecule has 1 aliphatic heterocycles. The lowest BCUT2D eigenvalue weighted by Crippen LogP contribution is -2.38. The number of rotatable bonds is 4. The number of fused-ring (bicyclic) bond motifs is 1. The summed E-state index contributed by atoms with van der Waals surface area (Å²) in [5, 5.41) is 7.00. The van der Waals surface area contributed by atoms with Gasteiger partial charge in [-0.1, -0.05) is 18.2 Å². The van der Waals surface area contributed by atoms with Crippen molar-refractivity contribution in [1.29, 1.82) is 0 Å². The summed E-state index contributed by atoms with van der Waals surface area (Å²) in [7, 11) is 0. The smallest absolute Gasteiger partial charge is 0.244 e. The summed E-state index contributed by atoms with van der Waals surface area (Å²) in [5.41, 5.74) is 1.20. The summed E-state index contributed by atoms with van der Waals surface area (Å²) in [5.74, 6) is 0.875. The average Bonchev–Trinajstić information content (AvgIpc) is 3.12. The standard InChI is InChI=1S/C15H17N3O2/c1-11(18-8-4-7-17-18)15(19)16-10-13-9-12-5-2-3-6-14(12)20-13/h2-8,11,13H,9-10H2,1H3,(H,16,19)/t11-,13+/m0/s1. The fourth-order valence-corrected chi connectivity index (χ4v) is 2.36. The van der Waals surface area contributed by atoms with Crippen LogP contribution in [0.15, 0.2) is 42.7 Å². The van der Waals surface area contributed by atoms with E-state index in [1.165, 1.54) is 5.56 Å². The Kier molecular flexibility index (Phi) is 3.41. The van der Waals surface area contributed by atoms with Crippen LogP contribution in [0.4, 0.5) is 0 Å². The highest BCUT2D eigenvalue weighted by Gasteiger charge is 2.23. The summed E-state index contributed by atoms with van der Waals surface area (Å²) in [6.07, 6.45) is 4.31. The summed E-state index contributed by atoms with van der Waals surface area (Å²) < 4.78 is 7.43. The van der Waals surface area contributed by atoms with E-state index < -0.39 is 0 Å². The first-order valence-corrected chi connectivity index (χ1v) is 6.75. The Balaban J connectivity index is 1.53. The molecule has 0 spiro atoms. The van der Waals surface area contributed by atoms with Gasteiger partial charge in [0, 0.05) is 18.8 Å². The van der Waals surface area contributed by atoms with Gasteiger partial charge in [-0.05, 0) is 24.6 Å². The van der Waals surface area contributed by atoms with E-state index in [2.05, 4.69) is 16.5 Å². The van der Waals surface area contributed by atoms with Crippen molar-refractivity contribution in [2.45, 2.75) is 25.5 Å². The third-order valence-electron chi connectivity index (χ3n) is 3.52. The van der Waals surface area contributed by atoms with Gasteiger partial charge >= 0.3 is 0 Å². The molecule has 1 aromatic heterocycles. The van der Waals surface area contributed by atoms with Gasteiger partial charge in [0.15, 0.2) is 0 Å². The minimum absolute atomic E-state index is 0.0150. The molecule has 2 atom stereocenters. The van der Waals surface area contributed by atoms with E-state index >= 15 is 0 Å². The van der Waals surface area contributed by atoms with Crippen molar-refractivity contribution in [3.8, 4) is 5.75 Å². The lowest BCUT2D eigenvalue weighted by molar-refractivity contribution is -0.124. The summed E-state index contributed by atoms with van der Waals surface area (Å²) in [6, 6.07) is 9.48. The maximum Gasteiger partial charge on any atom is 0.244 e. The predicted molar refractivity (Wildman–Crippen MR) is 74.5 cm³/mol. The van der Waals surface area contributed by atoms with Crippen LogP contribution in [0.5, 0.6) is 5.75 Å². The van der Waals surface area contributed by atoms with Crippen LogP contribution < -0.4 is 10.1 Å². The molecule has 1 aliphatic rings. The molecule has 0 aliphatic carbocycles. The highest BCUT2D eigenvalue weighted by molar-refractivity contribution is 5.79. The second kappa shape index (κ2) is 5.36. The van der Waals surface area contributed by atoms with E-state index in [0.29, 0.717) is 6.54 Å². The number of carbonyl (C=O) groups is 1. The molecule has 20 heavy (non-hydrogen) atoms. The van der Waals surface area contributed by atoms with Crippen molar-refractivity contribution in [2.24, 2.45) is 0 Å². The molecular weight excluding hydrogens is 254 g/mol. The predicted octanol–water partition coefficient (Wildman–Crippen LogP) is 1.56. The molecule has 1 amide bonds. The Bertz CT molecular complexity index is 570. The van der Waals surface area contributed by atoms with Crippen molar-refractivity contribution in [3.63, 3.8) is 0 Å². The van der Waals surface area contributed by atoms with Gasteiger partial charge in [0.05, 0.1) is 6.54 Å². The van der Waals surface area contributed by atoms with E-state index in [1.807, 2.05) is 25.1 Å². The van der Waals surface area contributed by atoms with Gasteiger partial charge in [-0.25, -0.2) is 0 Å². The molecule has 2 aromatic rings. The quantitative estimate of drug-likeness (QED) is 0.918. The SMILES string of the molecule is C[C@@H](C(=O)NC[C@H]1Cc2ccccc2O1)n1cccn1. The third-order valence-corrected chi connectivity index (χ3v) is 3.52. The number of hydrogen-bond donors (Lipinski definition) is 1. The zero-order valence-corrected chi connectivity index (χ0v) is 11.3. The van der Waals surface area contributed by atoms with E-state index in [0.717, 1.165) is 12.2 Å². The van der Waals surface area contributed by atoms with Crippen molar-refractivity contribution in [1.82, 2.24) is 15.1 Å². The highest BCUT2D eigenvalue weighted by atomic mass is 16.5. The Morgan fingerprint density at radius 2 is 2.35 bits per heavy atom.